The first-order valence-corrected chi connectivity index (χ1v) is 8.16. The van der Waals surface area contributed by atoms with E-state index in [1.807, 2.05) is 29.2 Å². The molecule has 5 heteroatoms. The highest BCUT2D eigenvalue weighted by molar-refractivity contribution is 5.97. The van der Waals surface area contributed by atoms with Crippen LogP contribution in [0.2, 0.25) is 0 Å². The maximum atomic E-state index is 12.8. The molecule has 0 unspecified atom stereocenters. The van der Waals surface area contributed by atoms with Crippen LogP contribution >= 0.6 is 0 Å². The van der Waals surface area contributed by atoms with Crippen LogP contribution in [0.15, 0.2) is 24.3 Å². The topological polar surface area (TPSA) is 53.0 Å². The third-order valence-corrected chi connectivity index (χ3v) is 4.54. The minimum atomic E-state index is 0.0542. The summed E-state index contributed by atoms with van der Waals surface area (Å²) in [5, 5.41) is 8.98. The van der Waals surface area contributed by atoms with Crippen molar-refractivity contribution in [1.29, 1.82) is 0 Å². The van der Waals surface area contributed by atoms with Crippen molar-refractivity contribution in [3.63, 3.8) is 0 Å². The first-order chi connectivity index (χ1) is 10.8. The Morgan fingerprint density at radius 2 is 1.91 bits per heavy atom. The zero-order chi connectivity index (χ0) is 15.4. The Bertz CT molecular complexity index is 508. The molecule has 1 aromatic rings. The van der Waals surface area contributed by atoms with Crippen LogP contribution in [-0.2, 0) is 0 Å². The monoisotopic (exact) mass is 304 g/mol. The van der Waals surface area contributed by atoms with Gasteiger partial charge < -0.3 is 14.7 Å². The number of β-amino-alcohol motifs (C(OH)–C–C–N with tert-alkyl or cyclic N) is 1. The number of nitrogens with zero attached hydrogens (tertiary/aromatic N) is 2. The summed E-state index contributed by atoms with van der Waals surface area (Å²) in [7, 11) is 0. The standard InChI is InChI=1S/C17H24N2O3/c20-13-12-18-8-10-19(11-9-18)17(21)15-6-1-2-7-16(15)22-14-4-3-5-14/h1-2,6-7,14,20H,3-5,8-13H2. The number of aliphatic hydroxyl groups is 1. The number of piperazine rings is 1. The molecule has 0 aromatic heterocycles. The molecule has 1 saturated heterocycles. The maximum absolute atomic E-state index is 12.8. The van der Waals surface area contributed by atoms with E-state index < -0.39 is 0 Å². The summed E-state index contributed by atoms with van der Waals surface area (Å²) in [6.07, 6.45) is 3.66. The summed E-state index contributed by atoms with van der Waals surface area (Å²) in [4.78, 5) is 16.8. The number of aliphatic hydroxyl groups excluding tert-OH is 1. The van der Waals surface area contributed by atoms with Gasteiger partial charge in [-0.3, -0.25) is 9.69 Å². The van der Waals surface area contributed by atoms with Crippen LogP contribution in [0.5, 0.6) is 5.75 Å². The summed E-state index contributed by atoms with van der Waals surface area (Å²) in [5.41, 5.74) is 0.671. The molecule has 120 valence electrons. The van der Waals surface area contributed by atoms with Gasteiger partial charge in [-0.1, -0.05) is 12.1 Å². The van der Waals surface area contributed by atoms with Crippen LogP contribution in [0.3, 0.4) is 0 Å². The van der Waals surface area contributed by atoms with E-state index in [1.165, 1.54) is 6.42 Å². The number of para-hydroxylation sites is 1. The molecule has 5 nitrogen and oxygen atoms in total. The van der Waals surface area contributed by atoms with Gasteiger partial charge in [0.05, 0.1) is 18.3 Å². The smallest absolute Gasteiger partial charge is 0.257 e. The van der Waals surface area contributed by atoms with E-state index in [2.05, 4.69) is 4.90 Å². The zero-order valence-electron chi connectivity index (χ0n) is 12.9. The highest BCUT2D eigenvalue weighted by atomic mass is 16.5. The maximum Gasteiger partial charge on any atom is 0.257 e. The van der Waals surface area contributed by atoms with Crippen molar-refractivity contribution in [1.82, 2.24) is 9.80 Å². The number of rotatable bonds is 5. The molecule has 22 heavy (non-hydrogen) atoms. The highest BCUT2D eigenvalue weighted by Gasteiger charge is 2.26. The Labute approximate surface area is 131 Å². The van der Waals surface area contributed by atoms with Crippen LogP contribution in [0, 0.1) is 0 Å². The summed E-state index contributed by atoms with van der Waals surface area (Å²) < 4.78 is 5.96. The average Bonchev–Trinajstić information content (AvgIpc) is 2.52. The second kappa shape index (κ2) is 7.11. The number of hydrogen-bond donors (Lipinski definition) is 1. The fraction of sp³-hybridized carbons (Fsp3) is 0.588. The average molecular weight is 304 g/mol. The van der Waals surface area contributed by atoms with Crippen molar-refractivity contribution < 1.29 is 14.6 Å². The first kappa shape index (κ1) is 15.3. The second-order valence-electron chi connectivity index (χ2n) is 6.02. The van der Waals surface area contributed by atoms with Gasteiger partial charge in [0.25, 0.3) is 5.91 Å². The van der Waals surface area contributed by atoms with Crippen molar-refractivity contribution in [2.45, 2.75) is 25.4 Å². The first-order valence-electron chi connectivity index (χ1n) is 8.16. The van der Waals surface area contributed by atoms with Crippen LogP contribution in [0.25, 0.3) is 0 Å². The number of carbonyl (C=O) groups is 1. The predicted octanol–water partition coefficient (Wildman–Crippen LogP) is 1.37. The number of hydrogen-bond acceptors (Lipinski definition) is 4. The molecule has 1 amide bonds. The van der Waals surface area contributed by atoms with E-state index in [9.17, 15) is 4.79 Å². The molecular formula is C17H24N2O3. The lowest BCUT2D eigenvalue weighted by molar-refractivity contribution is 0.0602. The molecule has 1 saturated carbocycles. The van der Waals surface area contributed by atoms with Crippen molar-refractivity contribution in [3.05, 3.63) is 29.8 Å². The normalized spacial score (nSPS) is 19.8. The highest BCUT2D eigenvalue weighted by Crippen LogP contribution is 2.28. The predicted molar refractivity (Wildman–Crippen MR) is 84.1 cm³/mol. The van der Waals surface area contributed by atoms with E-state index in [4.69, 9.17) is 9.84 Å². The number of carbonyl (C=O) groups excluding carboxylic acids is 1. The van der Waals surface area contributed by atoms with E-state index in [1.54, 1.807) is 0 Å². The van der Waals surface area contributed by atoms with Crippen molar-refractivity contribution in [2.75, 3.05) is 39.3 Å². The molecule has 1 aromatic carbocycles. The van der Waals surface area contributed by atoms with Gasteiger partial charge in [0.1, 0.15) is 5.75 Å². The Balaban J connectivity index is 1.64. The minimum Gasteiger partial charge on any atom is -0.490 e. The van der Waals surface area contributed by atoms with Crippen LogP contribution in [0.4, 0.5) is 0 Å². The fourth-order valence-electron chi connectivity index (χ4n) is 2.90. The number of ether oxygens (including phenoxy) is 1. The molecule has 1 aliphatic carbocycles. The van der Waals surface area contributed by atoms with Gasteiger partial charge in [0.2, 0.25) is 0 Å². The molecule has 2 fully saturated rings. The van der Waals surface area contributed by atoms with Gasteiger partial charge in [-0.15, -0.1) is 0 Å². The Morgan fingerprint density at radius 1 is 1.18 bits per heavy atom. The summed E-state index contributed by atoms with van der Waals surface area (Å²) >= 11 is 0. The fourth-order valence-corrected chi connectivity index (χ4v) is 2.90. The molecular weight excluding hydrogens is 280 g/mol. The number of amides is 1. The summed E-state index contributed by atoms with van der Waals surface area (Å²) in [6.45, 7) is 3.90. The lowest BCUT2D eigenvalue weighted by Crippen LogP contribution is -2.49. The molecule has 0 bridgehead atoms. The SMILES string of the molecule is O=C(c1ccccc1OC1CCC1)N1CCN(CCO)CC1. The lowest BCUT2D eigenvalue weighted by atomic mass is 9.96. The largest absolute Gasteiger partial charge is 0.490 e. The third-order valence-electron chi connectivity index (χ3n) is 4.54. The minimum absolute atomic E-state index is 0.0542. The van der Waals surface area contributed by atoms with Gasteiger partial charge in [0.15, 0.2) is 0 Å². The van der Waals surface area contributed by atoms with Crippen LogP contribution < -0.4 is 4.74 Å². The summed E-state index contributed by atoms with van der Waals surface area (Å²) in [5.74, 6) is 0.772. The van der Waals surface area contributed by atoms with Crippen molar-refractivity contribution >= 4 is 5.91 Å². The van der Waals surface area contributed by atoms with Gasteiger partial charge in [-0.25, -0.2) is 0 Å². The second-order valence-corrected chi connectivity index (χ2v) is 6.02. The third kappa shape index (κ3) is 3.42. The molecule has 0 radical (unpaired) electrons. The van der Waals surface area contributed by atoms with E-state index >= 15 is 0 Å². The van der Waals surface area contributed by atoms with Crippen LogP contribution in [0.1, 0.15) is 29.6 Å². The Kier molecular flexibility index (Phi) is 4.95. The van der Waals surface area contributed by atoms with E-state index in [0.717, 1.165) is 31.7 Å². The molecule has 1 aliphatic heterocycles. The molecule has 0 spiro atoms. The quantitative estimate of drug-likeness (QED) is 0.892. The van der Waals surface area contributed by atoms with Crippen molar-refractivity contribution in [3.8, 4) is 5.75 Å². The Morgan fingerprint density at radius 3 is 2.55 bits per heavy atom. The molecule has 1 N–H and O–H groups in total. The van der Waals surface area contributed by atoms with E-state index in [-0.39, 0.29) is 18.6 Å². The molecule has 3 rings (SSSR count). The molecule has 0 atom stereocenters. The van der Waals surface area contributed by atoms with Gasteiger partial charge in [-0.05, 0) is 31.4 Å². The van der Waals surface area contributed by atoms with Crippen molar-refractivity contribution in [2.24, 2.45) is 0 Å². The molecule has 2 aliphatic rings. The van der Waals surface area contributed by atoms with E-state index in [0.29, 0.717) is 25.2 Å². The van der Waals surface area contributed by atoms with Gasteiger partial charge >= 0.3 is 0 Å². The number of benzene rings is 1. The van der Waals surface area contributed by atoms with Gasteiger partial charge in [0, 0.05) is 32.7 Å². The van der Waals surface area contributed by atoms with Crippen LogP contribution in [-0.4, -0.2) is 66.2 Å². The summed E-state index contributed by atoms with van der Waals surface area (Å²) in [6, 6.07) is 7.57. The van der Waals surface area contributed by atoms with Gasteiger partial charge in [-0.2, -0.15) is 0 Å². The lowest BCUT2D eigenvalue weighted by Gasteiger charge is -2.35. The zero-order valence-corrected chi connectivity index (χ0v) is 12.9. The Hall–Kier alpha value is -1.59. The molecule has 1 heterocycles.